The van der Waals surface area contributed by atoms with E-state index in [1.54, 1.807) is 54.6 Å². The zero-order valence-electron chi connectivity index (χ0n) is 14.7. The molecule has 0 bridgehead atoms. The highest BCUT2D eigenvalue weighted by Gasteiger charge is 2.72. The van der Waals surface area contributed by atoms with Gasteiger partial charge in [-0.05, 0) is 12.1 Å². The molecular formula is C21H16N2O5. The van der Waals surface area contributed by atoms with Crippen LogP contribution < -0.4 is 10.2 Å². The molecule has 3 atom stereocenters. The molecule has 2 saturated heterocycles. The Morgan fingerprint density at radius 2 is 1.43 bits per heavy atom. The number of para-hydroxylation sites is 1. The molecule has 1 spiro atoms. The predicted octanol–water partition coefficient (Wildman–Crippen LogP) is 0.574. The number of hydrogen-bond acceptors (Lipinski definition) is 6. The fourth-order valence-corrected chi connectivity index (χ4v) is 4.84. The first kappa shape index (κ1) is 17.0. The number of nitrogens with one attached hydrogen (secondary N) is 1. The molecule has 2 fully saturated rings. The summed E-state index contributed by atoms with van der Waals surface area (Å²) in [5.41, 5.74) is -1.00. The van der Waals surface area contributed by atoms with Crippen LogP contribution in [0.1, 0.15) is 20.7 Å². The van der Waals surface area contributed by atoms with Crippen LogP contribution in [-0.2, 0) is 9.59 Å². The highest BCUT2D eigenvalue weighted by molar-refractivity contribution is 6.37. The van der Waals surface area contributed by atoms with E-state index in [9.17, 15) is 24.3 Å². The zero-order chi connectivity index (χ0) is 19.6. The number of imide groups is 1. The zero-order valence-corrected chi connectivity index (χ0v) is 14.7. The molecule has 28 heavy (non-hydrogen) atoms. The summed E-state index contributed by atoms with van der Waals surface area (Å²) in [4.78, 5) is 54.1. The largest absolute Gasteiger partial charge is 0.395 e. The van der Waals surface area contributed by atoms with Crippen molar-refractivity contribution < 1.29 is 24.3 Å². The normalized spacial score (nSPS) is 27.6. The molecule has 7 nitrogen and oxygen atoms in total. The third-order valence-electron chi connectivity index (χ3n) is 6.01. The average Bonchev–Trinajstić information content (AvgIpc) is 3.28. The Bertz CT molecular complexity index is 1010. The molecule has 2 aromatic carbocycles. The van der Waals surface area contributed by atoms with E-state index < -0.39 is 53.4 Å². The van der Waals surface area contributed by atoms with Crippen LogP contribution in [0.3, 0.4) is 0 Å². The molecule has 2 amide bonds. The number of rotatable bonds is 2. The smallest absolute Gasteiger partial charge is 0.240 e. The summed E-state index contributed by atoms with van der Waals surface area (Å²) in [6, 6.07) is 13.9. The van der Waals surface area contributed by atoms with Gasteiger partial charge in [0.25, 0.3) is 0 Å². The summed E-state index contributed by atoms with van der Waals surface area (Å²) in [5.74, 6) is -4.32. The van der Waals surface area contributed by atoms with Gasteiger partial charge in [-0.2, -0.15) is 0 Å². The number of benzene rings is 2. The number of anilines is 1. The Morgan fingerprint density at radius 1 is 0.857 bits per heavy atom. The van der Waals surface area contributed by atoms with Crippen LogP contribution in [-0.4, -0.2) is 46.7 Å². The summed E-state index contributed by atoms with van der Waals surface area (Å²) in [5, 5.41) is 12.7. The highest BCUT2D eigenvalue weighted by Crippen LogP contribution is 2.49. The molecule has 140 valence electrons. The van der Waals surface area contributed by atoms with Gasteiger partial charge in [-0.15, -0.1) is 0 Å². The topological polar surface area (TPSA) is 104 Å². The van der Waals surface area contributed by atoms with Crippen molar-refractivity contribution in [3.63, 3.8) is 0 Å². The molecule has 5 rings (SSSR count). The summed E-state index contributed by atoms with van der Waals surface area (Å²) in [6.45, 7) is -0.471. The van der Waals surface area contributed by atoms with Gasteiger partial charge in [0, 0.05) is 17.2 Å². The molecule has 2 N–H and O–H groups in total. The lowest BCUT2D eigenvalue weighted by atomic mass is 9.77. The van der Waals surface area contributed by atoms with Gasteiger partial charge in [-0.25, -0.2) is 4.90 Å². The SMILES string of the molecule is O=C1[C@@H]2[C@H](CO)NC3(C(=O)c4ccccc4C3=O)[C@@H]2C(=O)N1c1ccccc1. The van der Waals surface area contributed by atoms with Crippen LogP contribution in [0.2, 0.25) is 0 Å². The van der Waals surface area contributed by atoms with Crippen molar-refractivity contribution in [1.29, 1.82) is 0 Å². The number of hydrogen-bond donors (Lipinski definition) is 2. The third kappa shape index (κ3) is 1.85. The van der Waals surface area contributed by atoms with Crippen LogP contribution in [0.5, 0.6) is 0 Å². The Morgan fingerprint density at radius 3 is 2.00 bits per heavy atom. The molecule has 0 unspecified atom stereocenters. The van der Waals surface area contributed by atoms with Gasteiger partial charge in [0.15, 0.2) is 17.1 Å². The summed E-state index contributed by atoms with van der Waals surface area (Å²) >= 11 is 0. The van der Waals surface area contributed by atoms with Gasteiger partial charge < -0.3 is 5.11 Å². The van der Waals surface area contributed by atoms with Crippen LogP contribution in [0, 0.1) is 11.8 Å². The van der Waals surface area contributed by atoms with Crippen molar-refractivity contribution in [3.8, 4) is 0 Å². The lowest BCUT2D eigenvalue weighted by Crippen LogP contribution is -2.59. The number of aliphatic hydroxyl groups excluding tert-OH is 1. The Kier molecular flexibility index (Phi) is 3.44. The minimum absolute atomic E-state index is 0.232. The van der Waals surface area contributed by atoms with Crippen LogP contribution in [0.25, 0.3) is 0 Å². The van der Waals surface area contributed by atoms with E-state index in [-0.39, 0.29) is 11.1 Å². The summed E-state index contributed by atoms with van der Waals surface area (Å²) in [7, 11) is 0. The van der Waals surface area contributed by atoms with Crippen LogP contribution in [0.15, 0.2) is 54.6 Å². The second kappa shape index (κ2) is 5.67. The summed E-state index contributed by atoms with van der Waals surface area (Å²) in [6.07, 6.45) is 0. The van der Waals surface area contributed by atoms with E-state index in [4.69, 9.17) is 0 Å². The second-order valence-electron chi connectivity index (χ2n) is 7.30. The standard InChI is InChI=1S/C21H16N2O5/c24-10-14-15-16(20(28)23(19(15)27)11-6-2-1-3-7-11)21(22-14)17(25)12-8-4-5-9-13(12)18(21)26/h1-9,14-16,22,24H,10H2/t14-,15+,16-/m0/s1. The number of aliphatic hydroxyl groups is 1. The fraction of sp³-hybridized carbons (Fsp3) is 0.238. The van der Waals surface area contributed by atoms with Crippen molar-refractivity contribution in [2.75, 3.05) is 11.5 Å². The molecule has 3 aliphatic rings. The monoisotopic (exact) mass is 376 g/mol. The fourth-order valence-electron chi connectivity index (χ4n) is 4.84. The molecule has 1 aliphatic carbocycles. The quantitative estimate of drug-likeness (QED) is 0.587. The molecular weight excluding hydrogens is 360 g/mol. The first-order valence-corrected chi connectivity index (χ1v) is 9.02. The predicted molar refractivity (Wildman–Crippen MR) is 97.8 cm³/mol. The summed E-state index contributed by atoms with van der Waals surface area (Å²) < 4.78 is 0. The maximum absolute atomic E-state index is 13.3. The van der Waals surface area contributed by atoms with Crippen molar-refractivity contribution in [1.82, 2.24) is 5.32 Å². The van der Waals surface area contributed by atoms with E-state index in [2.05, 4.69) is 5.32 Å². The van der Waals surface area contributed by atoms with E-state index in [0.29, 0.717) is 5.69 Å². The molecule has 7 heteroatoms. The van der Waals surface area contributed by atoms with E-state index >= 15 is 0 Å². The maximum atomic E-state index is 13.3. The minimum Gasteiger partial charge on any atom is -0.395 e. The van der Waals surface area contributed by atoms with Crippen molar-refractivity contribution in [2.24, 2.45) is 11.8 Å². The lowest BCUT2D eigenvalue weighted by Gasteiger charge is -2.27. The number of nitrogens with zero attached hydrogens (tertiary/aromatic N) is 1. The highest BCUT2D eigenvalue weighted by atomic mass is 16.3. The lowest BCUT2D eigenvalue weighted by molar-refractivity contribution is -0.123. The number of ketones is 2. The molecule has 0 saturated carbocycles. The molecule has 2 aliphatic heterocycles. The molecule has 0 aromatic heterocycles. The number of carbonyl (C=O) groups excluding carboxylic acids is 4. The van der Waals surface area contributed by atoms with Gasteiger partial charge >= 0.3 is 0 Å². The first-order chi connectivity index (χ1) is 13.5. The number of fused-ring (bicyclic) bond motifs is 3. The van der Waals surface area contributed by atoms with E-state index in [1.165, 1.54) is 0 Å². The Balaban J connectivity index is 1.68. The third-order valence-corrected chi connectivity index (χ3v) is 6.01. The molecule has 2 heterocycles. The maximum Gasteiger partial charge on any atom is 0.240 e. The van der Waals surface area contributed by atoms with Gasteiger partial charge in [0.1, 0.15) is 0 Å². The Hall–Kier alpha value is -3.16. The van der Waals surface area contributed by atoms with Crippen LogP contribution >= 0.6 is 0 Å². The minimum atomic E-state index is -1.85. The van der Waals surface area contributed by atoms with Crippen molar-refractivity contribution in [2.45, 2.75) is 11.6 Å². The van der Waals surface area contributed by atoms with Gasteiger partial charge in [0.2, 0.25) is 11.8 Å². The first-order valence-electron chi connectivity index (χ1n) is 9.02. The van der Waals surface area contributed by atoms with Gasteiger partial charge in [-0.1, -0.05) is 42.5 Å². The average molecular weight is 376 g/mol. The van der Waals surface area contributed by atoms with Gasteiger partial charge in [0.05, 0.1) is 24.1 Å². The number of Topliss-reactive ketones (excluding diaryl/α,β-unsaturated/α-hetero) is 2. The second-order valence-corrected chi connectivity index (χ2v) is 7.30. The Labute approximate surface area is 160 Å². The molecule has 2 aromatic rings. The van der Waals surface area contributed by atoms with Crippen molar-refractivity contribution in [3.05, 3.63) is 65.7 Å². The van der Waals surface area contributed by atoms with E-state index in [0.717, 1.165) is 4.90 Å². The van der Waals surface area contributed by atoms with Crippen LogP contribution in [0.4, 0.5) is 5.69 Å². The van der Waals surface area contributed by atoms with Crippen molar-refractivity contribution >= 4 is 29.1 Å². The van der Waals surface area contributed by atoms with E-state index in [1.807, 2.05) is 0 Å². The number of carbonyl (C=O) groups is 4. The number of amides is 2. The van der Waals surface area contributed by atoms with Gasteiger partial charge in [-0.3, -0.25) is 24.5 Å². The molecule has 0 radical (unpaired) electrons.